The Labute approximate surface area is 127 Å². The molecule has 0 amide bonds. The summed E-state index contributed by atoms with van der Waals surface area (Å²) in [6.45, 7) is 0. The third-order valence-electron chi connectivity index (χ3n) is 3.06. The van der Waals surface area contributed by atoms with Gasteiger partial charge in [0.15, 0.2) is 0 Å². The van der Waals surface area contributed by atoms with E-state index in [1.54, 1.807) is 12.4 Å². The molecule has 0 N–H and O–H groups in total. The largest absolute Gasteiger partial charge is 0.254 e. The average Bonchev–Trinajstić information content (AvgIpc) is 3.19. The summed E-state index contributed by atoms with van der Waals surface area (Å²) >= 11 is 4.94. The number of halogens is 1. The Morgan fingerprint density at radius 3 is 3.05 bits per heavy atom. The van der Waals surface area contributed by atoms with E-state index in [9.17, 15) is 0 Å². The smallest absolute Gasteiger partial charge is 0.214 e. The van der Waals surface area contributed by atoms with Crippen molar-refractivity contribution < 1.29 is 0 Å². The van der Waals surface area contributed by atoms with Gasteiger partial charge in [-0.1, -0.05) is 0 Å². The molecule has 100 valence electrons. The quantitative estimate of drug-likeness (QED) is 0.724. The molecule has 0 bridgehead atoms. The van der Waals surface area contributed by atoms with Gasteiger partial charge in [0.1, 0.15) is 5.52 Å². The van der Waals surface area contributed by atoms with E-state index in [1.807, 2.05) is 16.8 Å². The van der Waals surface area contributed by atoms with E-state index in [0.717, 1.165) is 38.4 Å². The third kappa shape index (κ3) is 2.18. The minimum absolute atomic E-state index is 0.461. The number of nitrogens with zero attached hydrogens (tertiary/aromatic N) is 6. The highest BCUT2D eigenvalue weighted by Crippen LogP contribution is 2.38. The van der Waals surface area contributed by atoms with Crippen LogP contribution in [0.5, 0.6) is 0 Å². The summed E-state index contributed by atoms with van der Waals surface area (Å²) in [5, 5.41) is 12.7. The molecule has 0 unspecified atom stereocenters. The van der Waals surface area contributed by atoms with Crippen molar-refractivity contribution in [1.82, 2.24) is 30.2 Å². The highest BCUT2D eigenvalue weighted by Gasteiger charge is 2.28. The molecule has 1 saturated carbocycles. The van der Waals surface area contributed by atoms with Crippen LogP contribution in [0.3, 0.4) is 0 Å². The number of rotatable bonds is 3. The van der Waals surface area contributed by atoms with Crippen LogP contribution < -0.4 is 0 Å². The lowest BCUT2D eigenvalue weighted by Crippen LogP contribution is -1.98. The highest BCUT2D eigenvalue weighted by atomic mass is 79.9. The van der Waals surface area contributed by atoms with Crippen LogP contribution in [0, 0.1) is 0 Å². The van der Waals surface area contributed by atoms with Crippen molar-refractivity contribution in [1.29, 1.82) is 0 Å². The minimum Gasteiger partial charge on any atom is -0.254 e. The van der Waals surface area contributed by atoms with Gasteiger partial charge in [-0.25, -0.2) is 4.68 Å². The van der Waals surface area contributed by atoms with Gasteiger partial charge >= 0.3 is 0 Å². The van der Waals surface area contributed by atoms with Crippen LogP contribution in [0.1, 0.15) is 18.9 Å². The molecule has 0 aromatic carbocycles. The van der Waals surface area contributed by atoms with Gasteiger partial charge in [0, 0.05) is 21.8 Å². The van der Waals surface area contributed by atoms with Crippen molar-refractivity contribution in [3.63, 3.8) is 0 Å². The van der Waals surface area contributed by atoms with Crippen LogP contribution in [-0.2, 0) is 0 Å². The molecule has 3 aromatic heterocycles. The summed E-state index contributed by atoms with van der Waals surface area (Å²) in [6.07, 6.45) is 5.86. The van der Waals surface area contributed by atoms with Crippen molar-refractivity contribution in [2.45, 2.75) is 28.9 Å². The average molecular weight is 349 g/mol. The molecule has 0 aliphatic heterocycles. The first-order valence-electron chi connectivity index (χ1n) is 6.17. The van der Waals surface area contributed by atoms with Crippen LogP contribution in [0.15, 0.2) is 39.1 Å². The lowest BCUT2D eigenvalue weighted by molar-refractivity contribution is 0.565. The number of hydrogen-bond donors (Lipinski definition) is 0. The van der Waals surface area contributed by atoms with Crippen molar-refractivity contribution in [2.75, 3.05) is 0 Å². The summed E-state index contributed by atoms with van der Waals surface area (Å²) in [5.74, 6) is 0. The normalized spacial score (nSPS) is 14.8. The predicted octanol–water partition coefficient (Wildman–Crippen LogP) is 2.86. The topological polar surface area (TPSA) is 69.4 Å². The Hall–Kier alpha value is -1.54. The molecule has 6 nitrogen and oxygen atoms in total. The summed E-state index contributed by atoms with van der Waals surface area (Å²) in [6, 6.07) is 4.36. The molecule has 1 aliphatic carbocycles. The van der Waals surface area contributed by atoms with E-state index in [4.69, 9.17) is 0 Å². The van der Waals surface area contributed by atoms with Crippen LogP contribution in [-0.4, -0.2) is 30.2 Å². The zero-order valence-corrected chi connectivity index (χ0v) is 12.7. The predicted molar refractivity (Wildman–Crippen MR) is 77.4 cm³/mol. The maximum atomic E-state index is 4.44. The number of tetrazole rings is 1. The maximum Gasteiger partial charge on any atom is 0.214 e. The Kier molecular flexibility index (Phi) is 2.92. The first kappa shape index (κ1) is 12.2. The molecule has 3 heterocycles. The van der Waals surface area contributed by atoms with Crippen LogP contribution in [0.25, 0.3) is 11.0 Å². The lowest BCUT2D eigenvalue weighted by Gasteiger charge is -2.05. The van der Waals surface area contributed by atoms with E-state index >= 15 is 0 Å². The fourth-order valence-corrected chi connectivity index (χ4v) is 3.22. The van der Waals surface area contributed by atoms with E-state index in [0.29, 0.717) is 6.04 Å². The summed E-state index contributed by atoms with van der Waals surface area (Å²) in [7, 11) is 0. The van der Waals surface area contributed by atoms with Crippen LogP contribution in [0.4, 0.5) is 0 Å². The maximum absolute atomic E-state index is 4.44. The molecular formula is C12H9BrN6S. The Morgan fingerprint density at radius 2 is 2.20 bits per heavy atom. The second-order valence-corrected chi connectivity index (χ2v) is 6.49. The molecular weight excluding hydrogens is 340 g/mol. The fraction of sp³-hybridized carbons (Fsp3) is 0.250. The first-order chi connectivity index (χ1) is 9.81. The van der Waals surface area contributed by atoms with Gasteiger partial charge in [0.05, 0.1) is 11.6 Å². The minimum atomic E-state index is 0.461. The molecule has 1 fully saturated rings. The Balaban J connectivity index is 1.76. The first-order valence-corrected chi connectivity index (χ1v) is 7.78. The summed E-state index contributed by atoms with van der Waals surface area (Å²) in [4.78, 5) is 9.79. The van der Waals surface area contributed by atoms with E-state index in [-0.39, 0.29) is 0 Å². The molecule has 0 saturated heterocycles. The Bertz CT molecular complexity index is 784. The van der Waals surface area contributed by atoms with Gasteiger partial charge in [0.2, 0.25) is 5.16 Å². The molecule has 1 aliphatic rings. The Morgan fingerprint density at radius 1 is 1.30 bits per heavy atom. The molecule has 0 radical (unpaired) electrons. The van der Waals surface area contributed by atoms with Crippen molar-refractivity contribution in [2.24, 2.45) is 0 Å². The zero-order valence-electron chi connectivity index (χ0n) is 10.3. The monoisotopic (exact) mass is 348 g/mol. The zero-order chi connectivity index (χ0) is 13.5. The lowest BCUT2D eigenvalue weighted by atomic mass is 10.3. The van der Waals surface area contributed by atoms with Gasteiger partial charge in [-0.3, -0.25) is 9.97 Å². The van der Waals surface area contributed by atoms with Crippen LogP contribution >= 0.6 is 27.7 Å². The molecule has 8 heteroatoms. The molecule has 0 atom stereocenters. The van der Waals surface area contributed by atoms with E-state index in [1.165, 1.54) is 11.8 Å². The van der Waals surface area contributed by atoms with Crippen molar-refractivity contribution in [3.8, 4) is 0 Å². The fourth-order valence-electron chi connectivity index (χ4n) is 1.96. The molecule has 4 rings (SSSR count). The molecule has 3 aromatic rings. The number of hydrogen-bond acceptors (Lipinski definition) is 6. The van der Waals surface area contributed by atoms with Gasteiger partial charge < -0.3 is 0 Å². The van der Waals surface area contributed by atoms with Gasteiger partial charge in [0.25, 0.3) is 0 Å². The van der Waals surface area contributed by atoms with Gasteiger partial charge in [-0.05, 0) is 63.1 Å². The van der Waals surface area contributed by atoms with Crippen molar-refractivity contribution in [3.05, 3.63) is 29.0 Å². The van der Waals surface area contributed by atoms with Gasteiger partial charge in [-0.2, -0.15) is 0 Å². The second kappa shape index (κ2) is 4.78. The van der Waals surface area contributed by atoms with E-state index in [2.05, 4.69) is 41.4 Å². The third-order valence-corrected chi connectivity index (χ3v) is 4.50. The van der Waals surface area contributed by atoms with Crippen LogP contribution in [0.2, 0.25) is 0 Å². The standard InChI is InChI=1S/C12H9BrN6S/c13-7-5-9-11(15-6-7)10(3-4-14-9)20-12-16-17-18-19(12)8-1-2-8/h3-6,8H,1-2H2. The molecule has 0 spiro atoms. The number of aromatic nitrogens is 6. The highest BCUT2D eigenvalue weighted by molar-refractivity contribution is 9.10. The SMILES string of the molecule is Brc1cnc2c(Sc3nnnn3C3CC3)ccnc2c1. The van der Waals surface area contributed by atoms with E-state index < -0.39 is 0 Å². The number of pyridine rings is 2. The summed E-state index contributed by atoms with van der Waals surface area (Å²) in [5.41, 5.74) is 1.72. The van der Waals surface area contributed by atoms with Crippen molar-refractivity contribution >= 4 is 38.7 Å². The van der Waals surface area contributed by atoms with Gasteiger partial charge in [-0.15, -0.1) is 5.10 Å². The second-order valence-electron chi connectivity index (χ2n) is 4.57. The summed E-state index contributed by atoms with van der Waals surface area (Å²) < 4.78 is 2.82. The molecule has 20 heavy (non-hydrogen) atoms. The number of fused-ring (bicyclic) bond motifs is 1.